The molecule has 1 atom stereocenters. The highest BCUT2D eigenvalue weighted by molar-refractivity contribution is 7.80. The molecular formula is C5H10ClNO2S. The Balaban J connectivity index is 3.65. The van der Waals surface area contributed by atoms with E-state index in [9.17, 15) is 4.79 Å². The van der Waals surface area contributed by atoms with Gasteiger partial charge in [-0.3, -0.25) is 4.79 Å². The van der Waals surface area contributed by atoms with E-state index in [1.54, 1.807) is 6.92 Å². The van der Waals surface area contributed by atoms with E-state index in [2.05, 4.69) is 22.2 Å². The molecule has 1 N–H and O–H groups in total. The predicted octanol–water partition coefficient (Wildman–Crippen LogP) is 0.591. The first-order chi connectivity index (χ1) is 4.76. The zero-order chi connectivity index (χ0) is 7.98. The molecule has 0 aromatic carbocycles. The highest BCUT2D eigenvalue weighted by Crippen LogP contribution is 1.92. The van der Waals surface area contributed by atoms with Crippen LogP contribution in [-0.2, 0) is 9.53 Å². The van der Waals surface area contributed by atoms with E-state index in [-0.39, 0.29) is 5.97 Å². The first-order valence-electron chi connectivity index (χ1n) is 2.89. The van der Waals surface area contributed by atoms with Gasteiger partial charge >= 0.3 is 5.97 Å². The molecule has 60 valence electrons. The van der Waals surface area contributed by atoms with Crippen molar-refractivity contribution in [1.82, 2.24) is 4.84 Å². The maximum Gasteiger partial charge on any atom is 0.325 e. The number of thiol groups is 1. The summed E-state index contributed by atoms with van der Waals surface area (Å²) in [4.78, 5) is 13.0. The molecule has 0 saturated heterocycles. The highest BCUT2D eigenvalue weighted by atomic mass is 35.5. The molecule has 0 aromatic heterocycles. The Morgan fingerprint density at radius 1 is 1.90 bits per heavy atom. The second kappa shape index (κ2) is 5.82. The Labute approximate surface area is 70.6 Å². The van der Waals surface area contributed by atoms with Crippen LogP contribution in [0.5, 0.6) is 0 Å². The van der Waals surface area contributed by atoms with Crippen LogP contribution < -0.4 is 4.84 Å². The number of carbonyl (C=O) groups is 1. The summed E-state index contributed by atoms with van der Waals surface area (Å²) in [6.45, 7) is 2.10. The van der Waals surface area contributed by atoms with Crippen molar-refractivity contribution in [3.8, 4) is 0 Å². The van der Waals surface area contributed by atoms with Crippen LogP contribution in [0.1, 0.15) is 6.92 Å². The highest BCUT2D eigenvalue weighted by Gasteiger charge is 2.15. The number of halogens is 1. The molecule has 0 amide bonds. The van der Waals surface area contributed by atoms with Crippen molar-refractivity contribution < 1.29 is 9.53 Å². The first kappa shape index (κ1) is 10.1. The molecule has 3 nitrogen and oxygen atoms in total. The minimum atomic E-state index is -0.509. The first-order valence-corrected chi connectivity index (χ1v) is 3.91. The average molecular weight is 184 g/mol. The second-order valence-corrected chi connectivity index (χ2v) is 2.18. The van der Waals surface area contributed by atoms with Crippen LogP contribution in [0.4, 0.5) is 0 Å². The van der Waals surface area contributed by atoms with Crippen LogP contribution in [0.3, 0.4) is 0 Å². The van der Waals surface area contributed by atoms with Gasteiger partial charge < -0.3 is 4.74 Å². The van der Waals surface area contributed by atoms with Gasteiger partial charge in [0, 0.05) is 5.75 Å². The molecule has 0 aliphatic carbocycles. The van der Waals surface area contributed by atoms with Crippen LogP contribution in [0.15, 0.2) is 0 Å². The van der Waals surface area contributed by atoms with Gasteiger partial charge in [0.15, 0.2) is 0 Å². The Morgan fingerprint density at radius 3 is 2.80 bits per heavy atom. The molecule has 0 rings (SSSR count). The Morgan fingerprint density at radius 2 is 2.50 bits per heavy atom. The summed E-state index contributed by atoms with van der Waals surface area (Å²) in [6, 6.07) is -0.509. The van der Waals surface area contributed by atoms with E-state index in [4.69, 9.17) is 11.8 Å². The van der Waals surface area contributed by atoms with E-state index in [1.165, 1.54) is 0 Å². The van der Waals surface area contributed by atoms with Crippen molar-refractivity contribution >= 4 is 30.4 Å². The van der Waals surface area contributed by atoms with Gasteiger partial charge in [-0.2, -0.15) is 12.6 Å². The van der Waals surface area contributed by atoms with E-state index < -0.39 is 6.04 Å². The summed E-state index contributed by atoms with van der Waals surface area (Å²) in [5.74, 6) is -0.0324. The monoisotopic (exact) mass is 183 g/mol. The van der Waals surface area contributed by atoms with Crippen LogP contribution in [0, 0.1) is 0 Å². The van der Waals surface area contributed by atoms with Crippen molar-refractivity contribution in [3.63, 3.8) is 0 Å². The molecule has 0 radical (unpaired) electrons. The fourth-order valence-corrected chi connectivity index (χ4v) is 0.911. The number of carbonyl (C=O) groups excluding carboxylic acids is 1. The normalized spacial score (nSPS) is 12.7. The summed E-state index contributed by atoms with van der Waals surface area (Å²) in [5.41, 5.74) is 0. The third kappa shape index (κ3) is 3.29. The predicted molar refractivity (Wildman–Crippen MR) is 43.3 cm³/mol. The molecule has 0 aromatic rings. The van der Waals surface area contributed by atoms with Gasteiger partial charge in [-0.05, 0) is 18.7 Å². The van der Waals surface area contributed by atoms with Crippen LogP contribution in [0.25, 0.3) is 0 Å². The van der Waals surface area contributed by atoms with Crippen molar-refractivity contribution in [2.45, 2.75) is 13.0 Å². The summed E-state index contributed by atoms with van der Waals surface area (Å²) >= 11 is 9.08. The molecule has 10 heavy (non-hydrogen) atoms. The Kier molecular flexibility index (Phi) is 5.87. The van der Waals surface area contributed by atoms with E-state index in [1.807, 2.05) is 0 Å². The number of esters is 1. The van der Waals surface area contributed by atoms with Gasteiger partial charge in [-0.25, -0.2) is 4.84 Å². The van der Waals surface area contributed by atoms with Gasteiger partial charge in [-0.15, -0.1) is 0 Å². The van der Waals surface area contributed by atoms with Crippen molar-refractivity contribution in [1.29, 1.82) is 0 Å². The van der Waals surface area contributed by atoms with Gasteiger partial charge in [0.25, 0.3) is 0 Å². The largest absolute Gasteiger partial charge is 0.465 e. The van der Waals surface area contributed by atoms with Gasteiger partial charge in [0.2, 0.25) is 0 Å². The van der Waals surface area contributed by atoms with Crippen molar-refractivity contribution in [3.05, 3.63) is 0 Å². The lowest BCUT2D eigenvalue weighted by Crippen LogP contribution is -2.34. The van der Waals surface area contributed by atoms with Gasteiger partial charge in [0.05, 0.1) is 6.61 Å². The summed E-state index contributed by atoms with van der Waals surface area (Å²) < 4.78 is 4.65. The number of hydrogen-bond donors (Lipinski definition) is 2. The number of hydrogen-bond acceptors (Lipinski definition) is 4. The fraction of sp³-hybridized carbons (Fsp3) is 0.800. The van der Waals surface area contributed by atoms with Crippen LogP contribution in [0.2, 0.25) is 0 Å². The van der Waals surface area contributed by atoms with Gasteiger partial charge in [0.1, 0.15) is 6.04 Å². The fourth-order valence-electron chi connectivity index (χ4n) is 0.396. The topological polar surface area (TPSA) is 38.3 Å². The minimum absolute atomic E-state index is 0.336. The van der Waals surface area contributed by atoms with Crippen LogP contribution >= 0.6 is 24.4 Å². The van der Waals surface area contributed by atoms with Gasteiger partial charge in [-0.1, -0.05) is 0 Å². The summed E-state index contributed by atoms with van der Waals surface area (Å²) in [7, 11) is 0. The molecule has 0 heterocycles. The molecule has 5 heteroatoms. The Hall–Kier alpha value is 0.0700. The maximum atomic E-state index is 10.8. The molecule has 0 aliphatic rings. The van der Waals surface area contributed by atoms with Crippen molar-refractivity contribution in [2.75, 3.05) is 12.4 Å². The SMILES string of the molecule is CCOC(=O)[C@H](CS)NCl. The molecule has 0 saturated carbocycles. The molecule has 0 bridgehead atoms. The maximum absolute atomic E-state index is 10.8. The molecule has 0 aliphatic heterocycles. The zero-order valence-corrected chi connectivity index (χ0v) is 7.28. The standard InChI is InChI=1S/C5H10ClNO2S/c1-2-9-5(8)4(3-10)7-6/h4,7,10H,2-3H2,1H3/t4-/m0/s1. The van der Waals surface area contributed by atoms with E-state index in [0.29, 0.717) is 12.4 Å². The lowest BCUT2D eigenvalue weighted by atomic mass is 10.4. The van der Waals surface area contributed by atoms with Crippen LogP contribution in [-0.4, -0.2) is 24.4 Å². The number of ether oxygens (including phenoxy) is 1. The molecular weight excluding hydrogens is 174 g/mol. The molecule has 0 spiro atoms. The minimum Gasteiger partial charge on any atom is -0.465 e. The quantitative estimate of drug-likeness (QED) is 0.381. The smallest absolute Gasteiger partial charge is 0.325 e. The van der Waals surface area contributed by atoms with E-state index >= 15 is 0 Å². The third-order valence-corrected chi connectivity index (χ3v) is 1.51. The number of rotatable bonds is 4. The third-order valence-electron chi connectivity index (χ3n) is 0.885. The van der Waals surface area contributed by atoms with Crippen molar-refractivity contribution in [2.24, 2.45) is 0 Å². The van der Waals surface area contributed by atoms with E-state index in [0.717, 1.165) is 0 Å². The second-order valence-electron chi connectivity index (χ2n) is 1.60. The lowest BCUT2D eigenvalue weighted by Gasteiger charge is -2.08. The lowest BCUT2D eigenvalue weighted by molar-refractivity contribution is -0.144. The average Bonchev–Trinajstić information content (AvgIpc) is 1.91. The number of nitrogens with one attached hydrogen (secondary N) is 1. The molecule has 0 fully saturated rings. The Bertz CT molecular complexity index is 108. The molecule has 0 unspecified atom stereocenters. The summed E-state index contributed by atoms with van der Waals surface area (Å²) in [6.07, 6.45) is 0. The zero-order valence-electron chi connectivity index (χ0n) is 5.63. The summed E-state index contributed by atoms with van der Waals surface area (Å²) in [5, 5.41) is 0.